The number of hydrogen-bond acceptors (Lipinski definition) is 2. The third-order valence-electron chi connectivity index (χ3n) is 4.52. The molecule has 1 aromatic heterocycles. The SMILES string of the molecule is O=C(NCCCc1ccccc1Cl)c1cc2c(ccc3ccccc32)o1. The lowest BCUT2D eigenvalue weighted by molar-refractivity contribution is 0.0927. The van der Waals surface area contributed by atoms with Crippen LogP contribution in [0.1, 0.15) is 22.5 Å². The molecule has 0 saturated heterocycles. The molecule has 0 aliphatic carbocycles. The summed E-state index contributed by atoms with van der Waals surface area (Å²) in [6.07, 6.45) is 1.64. The molecule has 1 N–H and O–H groups in total. The van der Waals surface area contributed by atoms with Crippen LogP contribution in [-0.4, -0.2) is 12.5 Å². The number of carbonyl (C=O) groups excluding carboxylic acids is 1. The second kappa shape index (κ2) is 7.22. The Kier molecular flexibility index (Phi) is 4.63. The van der Waals surface area contributed by atoms with Crippen LogP contribution in [0.15, 0.2) is 71.1 Å². The van der Waals surface area contributed by atoms with Crippen LogP contribution >= 0.6 is 11.6 Å². The minimum atomic E-state index is -0.190. The molecule has 0 radical (unpaired) electrons. The highest BCUT2D eigenvalue weighted by Gasteiger charge is 2.13. The highest BCUT2D eigenvalue weighted by Crippen LogP contribution is 2.28. The van der Waals surface area contributed by atoms with Gasteiger partial charge in [-0.3, -0.25) is 4.79 Å². The molecule has 3 nitrogen and oxygen atoms in total. The Morgan fingerprint density at radius 1 is 0.962 bits per heavy atom. The van der Waals surface area contributed by atoms with Gasteiger partial charge in [-0.1, -0.05) is 60.1 Å². The number of halogens is 1. The summed E-state index contributed by atoms with van der Waals surface area (Å²) in [5.41, 5.74) is 1.82. The van der Waals surface area contributed by atoms with E-state index in [9.17, 15) is 4.79 Å². The smallest absolute Gasteiger partial charge is 0.287 e. The third-order valence-corrected chi connectivity index (χ3v) is 4.88. The average molecular weight is 364 g/mol. The molecule has 4 rings (SSSR count). The summed E-state index contributed by atoms with van der Waals surface area (Å²) in [6.45, 7) is 0.571. The molecule has 1 amide bonds. The van der Waals surface area contributed by atoms with Gasteiger partial charge in [-0.2, -0.15) is 0 Å². The minimum absolute atomic E-state index is 0.190. The maximum absolute atomic E-state index is 12.4. The van der Waals surface area contributed by atoms with Crippen molar-refractivity contribution in [1.29, 1.82) is 0 Å². The van der Waals surface area contributed by atoms with Gasteiger partial charge in [-0.05, 0) is 47.4 Å². The lowest BCUT2D eigenvalue weighted by atomic mass is 10.1. The molecule has 0 aliphatic rings. The molecule has 0 aliphatic heterocycles. The number of hydrogen-bond donors (Lipinski definition) is 1. The number of fused-ring (bicyclic) bond motifs is 3. The molecule has 130 valence electrons. The van der Waals surface area contributed by atoms with E-state index in [1.54, 1.807) is 0 Å². The van der Waals surface area contributed by atoms with Gasteiger partial charge in [0.15, 0.2) is 5.76 Å². The van der Waals surface area contributed by atoms with Crippen molar-refractivity contribution in [3.63, 3.8) is 0 Å². The zero-order valence-corrected chi connectivity index (χ0v) is 14.9. The van der Waals surface area contributed by atoms with Crippen LogP contribution in [0.5, 0.6) is 0 Å². The summed E-state index contributed by atoms with van der Waals surface area (Å²) in [7, 11) is 0. The Labute approximate surface area is 156 Å². The van der Waals surface area contributed by atoms with Gasteiger partial charge in [0.2, 0.25) is 0 Å². The van der Waals surface area contributed by atoms with Gasteiger partial charge >= 0.3 is 0 Å². The van der Waals surface area contributed by atoms with Gasteiger partial charge < -0.3 is 9.73 Å². The maximum Gasteiger partial charge on any atom is 0.287 e. The summed E-state index contributed by atoms with van der Waals surface area (Å²) in [4.78, 5) is 12.4. The molecule has 3 aromatic carbocycles. The van der Waals surface area contributed by atoms with Crippen LogP contribution in [0.25, 0.3) is 21.7 Å². The van der Waals surface area contributed by atoms with Crippen molar-refractivity contribution < 1.29 is 9.21 Å². The van der Waals surface area contributed by atoms with Gasteiger partial charge in [0.05, 0.1) is 0 Å². The molecule has 0 unspecified atom stereocenters. The quantitative estimate of drug-likeness (QED) is 0.469. The van der Waals surface area contributed by atoms with E-state index in [1.807, 2.05) is 60.7 Å². The molecule has 0 fully saturated rings. The average Bonchev–Trinajstić information content (AvgIpc) is 3.11. The Morgan fingerprint density at radius 2 is 1.77 bits per heavy atom. The Bertz CT molecular complexity index is 1080. The lowest BCUT2D eigenvalue weighted by Gasteiger charge is -2.05. The summed E-state index contributed by atoms with van der Waals surface area (Å²) in [5, 5.41) is 6.87. The Morgan fingerprint density at radius 3 is 2.65 bits per heavy atom. The van der Waals surface area contributed by atoms with Crippen molar-refractivity contribution in [3.8, 4) is 0 Å². The second-order valence-corrected chi connectivity index (χ2v) is 6.67. The summed E-state index contributed by atoms with van der Waals surface area (Å²) in [5.74, 6) is 0.151. The van der Waals surface area contributed by atoms with Crippen molar-refractivity contribution >= 4 is 39.2 Å². The van der Waals surface area contributed by atoms with E-state index in [1.165, 1.54) is 0 Å². The van der Waals surface area contributed by atoms with Crippen molar-refractivity contribution in [3.05, 3.63) is 83.1 Å². The van der Waals surface area contributed by atoms with Gasteiger partial charge in [0.1, 0.15) is 5.58 Å². The van der Waals surface area contributed by atoms with Crippen molar-refractivity contribution in [2.45, 2.75) is 12.8 Å². The number of carbonyl (C=O) groups is 1. The van der Waals surface area contributed by atoms with E-state index in [0.717, 1.165) is 45.2 Å². The zero-order valence-electron chi connectivity index (χ0n) is 14.2. The van der Waals surface area contributed by atoms with Crippen LogP contribution in [0.4, 0.5) is 0 Å². The predicted octanol–water partition coefficient (Wildman–Crippen LogP) is 5.60. The molecular formula is C22H18ClNO2. The van der Waals surface area contributed by atoms with E-state index >= 15 is 0 Å². The monoisotopic (exact) mass is 363 g/mol. The van der Waals surface area contributed by atoms with Crippen molar-refractivity contribution in [1.82, 2.24) is 5.32 Å². The standard InChI is InChI=1S/C22H18ClNO2/c23-19-10-4-2-7-16(19)8-5-13-24-22(25)21-14-18-17-9-3-1-6-15(17)11-12-20(18)26-21/h1-4,6-7,9-12,14H,5,8,13H2,(H,24,25). The Hall–Kier alpha value is -2.78. The predicted molar refractivity (Wildman–Crippen MR) is 106 cm³/mol. The topological polar surface area (TPSA) is 42.2 Å². The molecule has 4 aromatic rings. The first-order valence-electron chi connectivity index (χ1n) is 8.65. The number of furan rings is 1. The van der Waals surface area contributed by atoms with Crippen LogP contribution < -0.4 is 5.32 Å². The highest BCUT2D eigenvalue weighted by molar-refractivity contribution is 6.31. The molecule has 26 heavy (non-hydrogen) atoms. The molecule has 0 atom stereocenters. The maximum atomic E-state index is 12.4. The normalized spacial score (nSPS) is 11.1. The number of benzene rings is 3. The van der Waals surface area contributed by atoms with E-state index in [-0.39, 0.29) is 5.91 Å². The van der Waals surface area contributed by atoms with E-state index in [2.05, 4.69) is 11.4 Å². The van der Waals surface area contributed by atoms with Gasteiger partial charge in [0.25, 0.3) is 5.91 Å². The zero-order chi connectivity index (χ0) is 17.9. The summed E-state index contributed by atoms with van der Waals surface area (Å²) in [6, 6.07) is 21.6. The Balaban J connectivity index is 1.43. The van der Waals surface area contributed by atoms with E-state index in [4.69, 9.17) is 16.0 Å². The number of rotatable bonds is 5. The number of aryl methyl sites for hydroxylation is 1. The first kappa shape index (κ1) is 16.7. The van der Waals surface area contributed by atoms with Gasteiger partial charge in [-0.25, -0.2) is 0 Å². The van der Waals surface area contributed by atoms with Crippen LogP contribution in [-0.2, 0) is 6.42 Å². The third kappa shape index (κ3) is 3.31. The summed E-state index contributed by atoms with van der Waals surface area (Å²) < 4.78 is 5.74. The first-order valence-corrected chi connectivity index (χ1v) is 9.03. The summed E-state index contributed by atoms with van der Waals surface area (Å²) >= 11 is 6.15. The molecular weight excluding hydrogens is 346 g/mol. The molecule has 0 bridgehead atoms. The molecule has 1 heterocycles. The molecule has 0 spiro atoms. The fourth-order valence-electron chi connectivity index (χ4n) is 3.17. The fraction of sp³-hybridized carbons (Fsp3) is 0.136. The van der Waals surface area contributed by atoms with Crippen molar-refractivity contribution in [2.75, 3.05) is 6.54 Å². The molecule has 0 saturated carbocycles. The minimum Gasteiger partial charge on any atom is -0.451 e. The van der Waals surface area contributed by atoms with Gasteiger partial charge in [0, 0.05) is 17.0 Å². The lowest BCUT2D eigenvalue weighted by Crippen LogP contribution is -2.24. The largest absolute Gasteiger partial charge is 0.451 e. The van der Waals surface area contributed by atoms with Crippen LogP contribution in [0.3, 0.4) is 0 Å². The van der Waals surface area contributed by atoms with E-state index < -0.39 is 0 Å². The molecule has 4 heteroatoms. The van der Waals surface area contributed by atoms with Crippen LogP contribution in [0.2, 0.25) is 5.02 Å². The fourth-order valence-corrected chi connectivity index (χ4v) is 3.40. The number of amides is 1. The second-order valence-electron chi connectivity index (χ2n) is 6.26. The van der Waals surface area contributed by atoms with Crippen LogP contribution in [0, 0.1) is 0 Å². The first-order chi connectivity index (χ1) is 12.7. The van der Waals surface area contributed by atoms with E-state index in [0.29, 0.717) is 12.3 Å². The van der Waals surface area contributed by atoms with Gasteiger partial charge in [-0.15, -0.1) is 0 Å². The van der Waals surface area contributed by atoms with Crippen molar-refractivity contribution in [2.24, 2.45) is 0 Å². The number of nitrogens with one attached hydrogen (secondary N) is 1. The highest BCUT2D eigenvalue weighted by atomic mass is 35.5.